The van der Waals surface area contributed by atoms with Crippen LogP contribution in [0.15, 0.2) is 72.9 Å². The van der Waals surface area contributed by atoms with E-state index in [9.17, 15) is 34.5 Å². The molecule has 6 unspecified atom stereocenters. The Morgan fingerprint density at radius 1 is 0.507 bits per heavy atom. The molecule has 0 bridgehead atoms. The minimum Gasteiger partial charge on any atom is -0.479 e. The van der Waals surface area contributed by atoms with E-state index in [1.54, 1.807) is 0 Å². The van der Waals surface area contributed by atoms with Crippen LogP contribution in [0.3, 0.4) is 0 Å². The van der Waals surface area contributed by atoms with Gasteiger partial charge in [0.25, 0.3) is 0 Å². The van der Waals surface area contributed by atoms with Crippen LogP contribution in [0.25, 0.3) is 0 Å². The van der Waals surface area contributed by atoms with Gasteiger partial charge >= 0.3 is 23.9 Å². The van der Waals surface area contributed by atoms with E-state index < -0.39 is 67.3 Å². The van der Waals surface area contributed by atoms with Gasteiger partial charge in [-0.15, -0.1) is 0 Å². The zero-order valence-corrected chi connectivity index (χ0v) is 41.6. The van der Waals surface area contributed by atoms with E-state index in [1.165, 1.54) is 64.2 Å². The van der Waals surface area contributed by atoms with Gasteiger partial charge in [0.15, 0.2) is 24.6 Å². The molecule has 67 heavy (non-hydrogen) atoms. The zero-order valence-electron chi connectivity index (χ0n) is 41.6. The number of aliphatic hydroxyl groups excluding tert-OH is 2. The number of carbonyl (C=O) groups is 4. The van der Waals surface area contributed by atoms with Crippen LogP contribution >= 0.6 is 0 Å². The second-order valence-corrected chi connectivity index (χ2v) is 17.4. The summed E-state index contributed by atoms with van der Waals surface area (Å²) in [7, 11) is 0. The van der Waals surface area contributed by atoms with E-state index in [-0.39, 0.29) is 25.9 Å². The van der Waals surface area contributed by atoms with Crippen molar-refractivity contribution >= 4 is 23.9 Å². The number of hydrogen-bond donors (Lipinski definition) is 3. The van der Waals surface area contributed by atoms with Crippen LogP contribution in [0, 0.1) is 0 Å². The van der Waals surface area contributed by atoms with Crippen LogP contribution in [0.4, 0.5) is 0 Å². The summed E-state index contributed by atoms with van der Waals surface area (Å²) in [6.45, 7) is 5.76. The van der Waals surface area contributed by atoms with Gasteiger partial charge in [-0.2, -0.15) is 0 Å². The summed E-state index contributed by atoms with van der Waals surface area (Å²) in [5, 5.41) is 31.3. The Bertz CT molecular complexity index is 1450. The molecular weight excluding hydrogens is 853 g/mol. The molecule has 0 saturated carbocycles. The number of aliphatic carboxylic acids is 1. The number of hydrogen-bond acceptors (Lipinski definition) is 11. The van der Waals surface area contributed by atoms with Crippen LogP contribution in [-0.4, -0.2) is 89.2 Å². The van der Waals surface area contributed by atoms with E-state index in [1.807, 2.05) is 18.2 Å². The third-order valence-corrected chi connectivity index (χ3v) is 11.3. The number of carboxylic acid groups (broad SMARTS) is 1. The Hall–Kier alpha value is -3.84. The van der Waals surface area contributed by atoms with Crippen molar-refractivity contribution < 1.29 is 58.2 Å². The minimum atomic E-state index is -1.93. The van der Waals surface area contributed by atoms with Crippen molar-refractivity contribution in [3.05, 3.63) is 72.9 Å². The van der Waals surface area contributed by atoms with Crippen LogP contribution in [0.5, 0.6) is 0 Å². The quantitative estimate of drug-likeness (QED) is 0.0229. The third-order valence-electron chi connectivity index (χ3n) is 11.3. The lowest BCUT2D eigenvalue weighted by Gasteiger charge is -2.40. The van der Waals surface area contributed by atoms with Gasteiger partial charge < -0.3 is 39.0 Å². The Morgan fingerprint density at radius 3 is 1.40 bits per heavy atom. The number of esters is 3. The number of rotatable bonds is 42. The molecular formula is C55H90O12. The number of ether oxygens (including phenoxy) is 5. The van der Waals surface area contributed by atoms with Crippen LogP contribution in [0.2, 0.25) is 0 Å². The van der Waals surface area contributed by atoms with Gasteiger partial charge in [0.2, 0.25) is 0 Å². The highest BCUT2D eigenvalue weighted by molar-refractivity contribution is 5.74. The zero-order chi connectivity index (χ0) is 49.0. The molecule has 382 valence electrons. The smallest absolute Gasteiger partial charge is 0.335 e. The molecule has 0 amide bonds. The highest BCUT2D eigenvalue weighted by Gasteiger charge is 2.50. The van der Waals surface area contributed by atoms with E-state index in [2.05, 4.69) is 75.5 Å². The predicted octanol–water partition coefficient (Wildman–Crippen LogP) is 12.2. The number of allylic oxidation sites excluding steroid dienone is 12. The van der Waals surface area contributed by atoms with Gasteiger partial charge in [-0.1, -0.05) is 196 Å². The first-order valence-electron chi connectivity index (χ1n) is 25.9. The van der Waals surface area contributed by atoms with Crippen molar-refractivity contribution in [3.63, 3.8) is 0 Å². The minimum absolute atomic E-state index is 0.0649. The Balaban J connectivity index is 2.74. The van der Waals surface area contributed by atoms with Gasteiger partial charge in [-0.3, -0.25) is 14.4 Å². The molecule has 1 aliphatic heterocycles. The molecule has 0 aromatic heterocycles. The number of carbonyl (C=O) groups excluding carboxylic acids is 3. The van der Waals surface area contributed by atoms with Gasteiger partial charge in [-0.05, 0) is 57.8 Å². The molecule has 1 fully saturated rings. The molecule has 1 saturated heterocycles. The number of aliphatic hydroxyl groups is 2. The lowest BCUT2D eigenvalue weighted by Crippen LogP contribution is -2.61. The summed E-state index contributed by atoms with van der Waals surface area (Å²) < 4.78 is 28.1. The first-order chi connectivity index (χ1) is 32.6. The molecule has 0 aromatic carbocycles. The van der Waals surface area contributed by atoms with E-state index >= 15 is 0 Å². The highest BCUT2D eigenvalue weighted by Crippen LogP contribution is 2.26. The summed E-state index contributed by atoms with van der Waals surface area (Å²) in [5.41, 5.74) is 0. The SMILES string of the molecule is CC/C=C\C/C=C\C/C=C\C/C=C\C/C=C\C/C=C\CCC(=O)OC1C(OCC(COC(=O)CCCCCCCCCCC)OC(=O)CCCCCCCCCCC)OC(C(=O)O)C(O)C1O. The van der Waals surface area contributed by atoms with Crippen molar-refractivity contribution in [3.8, 4) is 0 Å². The van der Waals surface area contributed by atoms with E-state index in [0.29, 0.717) is 25.7 Å². The van der Waals surface area contributed by atoms with Crippen molar-refractivity contribution in [2.75, 3.05) is 13.2 Å². The van der Waals surface area contributed by atoms with Gasteiger partial charge in [-0.25, -0.2) is 4.79 Å². The predicted molar refractivity (Wildman–Crippen MR) is 266 cm³/mol. The summed E-state index contributed by atoms with van der Waals surface area (Å²) in [5.74, 6) is -3.24. The topological polar surface area (TPSA) is 175 Å². The first kappa shape index (κ1) is 61.2. The lowest BCUT2D eigenvalue weighted by molar-refractivity contribution is -0.301. The molecule has 3 N–H and O–H groups in total. The van der Waals surface area contributed by atoms with Gasteiger partial charge in [0.1, 0.15) is 18.8 Å². The average molecular weight is 943 g/mol. The molecule has 12 heteroatoms. The molecule has 6 atom stereocenters. The maximum absolute atomic E-state index is 13.0. The fourth-order valence-corrected chi connectivity index (χ4v) is 7.33. The van der Waals surface area contributed by atoms with Crippen molar-refractivity contribution in [1.82, 2.24) is 0 Å². The lowest BCUT2D eigenvalue weighted by atomic mass is 9.98. The average Bonchev–Trinajstić information content (AvgIpc) is 3.31. The fourth-order valence-electron chi connectivity index (χ4n) is 7.33. The largest absolute Gasteiger partial charge is 0.479 e. The molecule has 0 spiro atoms. The summed E-state index contributed by atoms with van der Waals surface area (Å²) in [6.07, 6.45) is 40.7. The normalized spacial score (nSPS) is 19.4. The Labute approximate surface area is 404 Å². The summed E-state index contributed by atoms with van der Waals surface area (Å²) in [6, 6.07) is 0. The molecule has 0 aliphatic carbocycles. The van der Waals surface area contributed by atoms with Gasteiger partial charge in [0.05, 0.1) is 6.61 Å². The van der Waals surface area contributed by atoms with Crippen LogP contribution in [0.1, 0.15) is 201 Å². The Morgan fingerprint density at radius 2 is 0.940 bits per heavy atom. The van der Waals surface area contributed by atoms with E-state index in [0.717, 1.165) is 70.6 Å². The van der Waals surface area contributed by atoms with Crippen molar-refractivity contribution in [2.45, 2.75) is 237 Å². The standard InChI is InChI=1S/C55H90O12/c1-4-7-10-13-16-19-20-21-22-23-24-25-26-27-28-31-34-37-40-43-49(58)66-53-51(60)50(59)52(54(61)62)67-55(53)64-45-46(65-48(57)42-39-36-33-30-18-15-12-9-6-3)44-63-47(56)41-38-35-32-29-17-14-11-8-5-2/h7,10,16,19,21-22,24-25,27-28,34,37,46,50-53,55,59-60H,4-6,8-9,11-15,17-18,20,23,26,29-33,35-36,38-45H2,1-3H3,(H,61,62)/b10-7-,19-16-,22-21-,25-24-,28-27-,37-34-. The molecule has 1 rings (SSSR count). The summed E-state index contributed by atoms with van der Waals surface area (Å²) >= 11 is 0. The third kappa shape index (κ3) is 34.2. The molecule has 0 radical (unpaired) electrons. The van der Waals surface area contributed by atoms with Crippen molar-refractivity contribution in [1.29, 1.82) is 0 Å². The second kappa shape index (κ2) is 43.4. The molecule has 1 heterocycles. The summed E-state index contributed by atoms with van der Waals surface area (Å²) in [4.78, 5) is 50.6. The highest BCUT2D eigenvalue weighted by atomic mass is 16.7. The van der Waals surface area contributed by atoms with Crippen molar-refractivity contribution in [2.24, 2.45) is 0 Å². The number of carboxylic acids is 1. The van der Waals surface area contributed by atoms with Crippen LogP contribution in [-0.2, 0) is 42.9 Å². The molecule has 12 nitrogen and oxygen atoms in total. The van der Waals surface area contributed by atoms with Crippen LogP contribution < -0.4 is 0 Å². The molecule has 0 aromatic rings. The maximum Gasteiger partial charge on any atom is 0.335 e. The monoisotopic (exact) mass is 943 g/mol. The Kier molecular flexibility index (Phi) is 39.7. The van der Waals surface area contributed by atoms with Gasteiger partial charge in [0, 0.05) is 19.3 Å². The number of unbranched alkanes of at least 4 members (excludes halogenated alkanes) is 16. The molecule has 1 aliphatic rings. The fraction of sp³-hybridized carbons (Fsp3) is 0.709. The first-order valence-corrected chi connectivity index (χ1v) is 25.9. The maximum atomic E-state index is 13.0. The second-order valence-electron chi connectivity index (χ2n) is 17.4. The van der Waals surface area contributed by atoms with E-state index in [4.69, 9.17) is 23.7 Å².